The van der Waals surface area contributed by atoms with E-state index in [2.05, 4.69) is 5.32 Å². The number of hydrogen-bond acceptors (Lipinski definition) is 4. The van der Waals surface area contributed by atoms with Gasteiger partial charge in [0.15, 0.2) is 0 Å². The number of halogens is 1. The summed E-state index contributed by atoms with van der Waals surface area (Å²) in [5, 5.41) is 3.23. The summed E-state index contributed by atoms with van der Waals surface area (Å²) in [5.74, 6) is 1.27. The average Bonchev–Trinajstić information content (AvgIpc) is 2.55. The third-order valence-corrected chi connectivity index (χ3v) is 6.39. The second-order valence-corrected chi connectivity index (χ2v) is 8.75. The molecule has 0 saturated carbocycles. The molecule has 126 valence electrons. The van der Waals surface area contributed by atoms with Gasteiger partial charge in [-0.1, -0.05) is 23.7 Å². The van der Waals surface area contributed by atoms with Crippen LogP contribution in [0.15, 0.2) is 30.3 Å². The molecule has 0 unspecified atom stereocenters. The quantitative estimate of drug-likeness (QED) is 0.772. The molecule has 1 aromatic rings. The van der Waals surface area contributed by atoms with E-state index in [1.807, 2.05) is 0 Å². The Labute approximate surface area is 146 Å². The molecule has 2 rings (SSSR count). The van der Waals surface area contributed by atoms with E-state index < -0.39 is 10.0 Å². The smallest absolute Gasteiger partial charge is 0.244 e. The van der Waals surface area contributed by atoms with Gasteiger partial charge in [-0.25, -0.2) is 12.7 Å². The van der Waals surface area contributed by atoms with Crippen LogP contribution in [-0.2, 0) is 14.8 Å². The first-order chi connectivity index (χ1) is 11.0. The molecule has 0 radical (unpaired) electrons. The van der Waals surface area contributed by atoms with Gasteiger partial charge in [0.1, 0.15) is 0 Å². The van der Waals surface area contributed by atoms with Gasteiger partial charge in [0.05, 0.1) is 5.75 Å². The number of nitrogens with one attached hydrogen (secondary N) is 1. The van der Waals surface area contributed by atoms with Gasteiger partial charge < -0.3 is 5.32 Å². The fraction of sp³-hybridized carbons (Fsp3) is 0.400. The number of carbonyl (C=O) groups excluding carboxylic acids is 1. The van der Waals surface area contributed by atoms with E-state index in [9.17, 15) is 13.2 Å². The minimum atomic E-state index is -3.28. The van der Waals surface area contributed by atoms with Crippen LogP contribution in [0.5, 0.6) is 0 Å². The van der Waals surface area contributed by atoms with E-state index in [0.717, 1.165) is 17.1 Å². The predicted octanol–water partition coefficient (Wildman–Crippen LogP) is 1.85. The van der Waals surface area contributed by atoms with Crippen molar-refractivity contribution in [2.75, 3.05) is 36.9 Å². The van der Waals surface area contributed by atoms with Crippen LogP contribution in [0.2, 0.25) is 5.02 Å². The van der Waals surface area contributed by atoms with Crippen LogP contribution in [0.1, 0.15) is 5.56 Å². The molecule has 0 bridgehead atoms. The predicted molar refractivity (Wildman–Crippen MR) is 96.2 cm³/mol. The van der Waals surface area contributed by atoms with Gasteiger partial charge in [0, 0.05) is 42.2 Å². The second kappa shape index (κ2) is 8.73. The summed E-state index contributed by atoms with van der Waals surface area (Å²) < 4.78 is 25.7. The van der Waals surface area contributed by atoms with Crippen LogP contribution >= 0.6 is 23.4 Å². The Kier molecular flexibility index (Phi) is 6.95. The lowest BCUT2D eigenvalue weighted by atomic mass is 10.2. The molecule has 1 fully saturated rings. The van der Waals surface area contributed by atoms with Crippen molar-refractivity contribution in [1.82, 2.24) is 9.62 Å². The van der Waals surface area contributed by atoms with Gasteiger partial charge in [-0.3, -0.25) is 4.79 Å². The number of amides is 1. The van der Waals surface area contributed by atoms with E-state index >= 15 is 0 Å². The van der Waals surface area contributed by atoms with Crippen molar-refractivity contribution in [1.29, 1.82) is 0 Å². The lowest BCUT2D eigenvalue weighted by Gasteiger charge is -2.25. The molecule has 1 aromatic carbocycles. The maximum Gasteiger partial charge on any atom is 0.244 e. The molecular formula is C15H19ClN2O3S2. The van der Waals surface area contributed by atoms with Gasteiger partial charge in [-0.05, 0) is 23.8 Å². The van der Waals surface area contributed by atoms with Crippen LogP contribution in [-0.4, -0.2) is 55.5 Å². The van der Waals surface area contributed by atoms with Crippen molar-refractivity contribution in [3.05, 3.63) is 40.9 Å². The van der Waals surface area contributed by atoms with Crippen molar-refractivity contribution in [2.24, 2.45) is 0 Å². The standard InChI is InChI=1S/C15H19ClN2O3S2/c16-14-4-1-13(2-5-14)3-6-15(19)17-7-12-23(20,21)18-8-10-22-11-9-18/h1-6H,7-12H2,(H,17,19). The minimum Gasteiger partial charge on any atom is -0.351 e. The Morgan fingerprint density at radius 2 is 1.91 bits per heavy atom. The van der Waals surface area contributed by atoms with Crippen molar-refractivity contribution in [3.8, 4) is 0 Å². The zero-order chi connectivity index (χ0) is 16.7. The molecule has 23 heavy (non-hydrogen) atoms. The highest BCUT2D eigenvalue weighted by Gasteiger charge is 2.23. The van der Waals surface area contributed by atoms with Crippen LogP contribution < -0.4 is 5.32 Å². The normalized spacial score (nSPS) is 16.6. The maximum atomic E-state index is 12.1. The molecule has 0 aliphatic carbocycles. The van der Waals surface area contributed by atoms with Crippen molar-refractivity contribution in [3.63, 3.8) is 0 Å². The Morgan fingerprint density at radius 3 is 2.57 bits per heavy atom. The maximum absolute atomic E-state index is 12.1. The Bertz CT molecular complexity index is 654. The molecule has 1 amide bonds. The van der Waals surface area contributed by atoms with Gasteiger partial charge in [-0.2, -0.15) is 11.8 Å². The van der Waals surface area contributed by atoms with E-state index in [0.29, 0.717) is 18.1 Å². The summed E-state index contributed by atoms with van der Waals surface area (Å²) in [6.07, 6.45) is 3.04. The first-order valence-corrected chi connectivity index (χ1v) is 10.4. The first-order valence-electron chi connectivity index (χ1n) is 7.24. The molecular weight excluding hydrogens is 356 g/mol. The van der Waals surface area contributed by atoms with Gasteiger partial charge in [-0.15, -0.1) is 0 Å². The third kappa shape index (κ3) is 6.18. The highest BCUT2D eigenvalue weighted by atomic mass is 35.5. The highest BCUT2D eigenvalue weighted by Crippen LogP contribution is 2.13. The molecule has 1 heterocycles. The van der Waals surface area contributed by atoms with Gasteiger partial charge >= 0.3 is 0 Å². The number of benzene rings is 1. The first kappa shape index (κ1) is 18.3. The molecule has 8 heteroatoms. The SMILES string of the molecule is O=C(C=Cc1ccc(Cl)cc1)NCCS(=O)(=O)N1CCSCC1. The van der Waals surface area contributed by atoms with Crippen LogP contribution in [0, 0.1) is 0 Å². The highest BCUT2D eigenvalue weighted by molar-refractivity contribution is 7.99. The Morgan fingerprint density at radius 1 is 1.26 bits per heavy atom. The number of nitrogens with zero attached hydrogens (tertiary/aromatic N) is 1. The fourth-order valence-corrected chi connectivity index (χ4v) is 4.68. The number of rotatable bonds is 6. The summed E-state index contributed by atoms with van der Waals surface area (Å²) >= 11 is 7.54. The molecule has 5 nitrogen and oxygen atoms in total. The summed E-state index contributed by atoms with van der Waals surface area (Å²) in [6, 6.07) is 7.07. The number of hydrogen-bond donors (Lipinski definition) is 1. The molecule has 0 aromatic heterocycles. The van der Waals surface area contributed by atoms with Gasteiger partial charge in [0.2, 0.25) is 15.9 Å². The van der Waals surface area contributed by atoms with E-state index in [4.69, 9.17) is 11.6 Å². The van der Waals surface area contributed by atoms with E-state index in [-0.39, 0.29) is 18.2 Å². The Hall–Kier alpha value is -1.02. The van der Waals surface area contributed by atoms with Crippen LogP contribution in [0.4, 0.5) is 0 Å². The van der Waals surface area contributed by atoms with E-state index in [1.54, 1.807) is 42.1 Å². The minimum absolute atomic E-state index is 0.0712. The topological polar surface area (TPSA) is 66.5 Å². The fourth-order valence-electron chi connectivity index (χ4n) is 2.06. The lowest BCUT2D eigenvalue weighted by Crippen LogP contribution is -2.41. The number of sulfonamides is 1. The van der Waals surface area contributed by atoms with Gasteiger partial charge in [0.25, 0.3) is 0 Å². The molecule has 0 atom stereocenters. The average molecular weight is 375 g/mol. The molecule has 1 aliphatic heterocycles. The summed E-state index contributed by atoms with van der Waals surface area (Å²) in [5.41, 5.74) is 0.850. The lowest BCUT2D eigenvalue weighted by molar-refractivity contribution is -0.116. The zero-order valence-corrected chi connectivity index (χ0v) is 15.0. The summed E-state index contributed by atoms with van der Waals surface area (Å²) in [4.78, 5) is 11.7. The van der Waals surface area contributed by atoms with Crippen molar-refractivity contribution in [2.45, 2.75) is 0 Å². The second-order valence-electron chi connectivity index (χ2n) is 5.00. The van der Waals surface area contributed by atoms with Crippen molar-refractivity contribution < 1.29 is 13.2 Å². The summed E-state index contributed by atoms with van der Waals surface area (Å²) in [6.45, 7) is 1.21. The molecule has 1 N–H and O–H groups in total. The van der Waals surface area contributed by atoms with Crippen LogP contribution in [0.3, 0.4) is 0 Å². The molecule has 1 aliphatic rings. The number of carbonyl (C=O) groups is 1. The Balaban J connectivity index is 1.76. The van der Waals surface area contributed by atoms with Crippen LogP contribution in [0.25, 0.3) is 6.08 Å². The zero-order valence-electron chi connectivity index (χ0n) is 12.6. The van der Waals surface area contributed by atoms with Crippen molar-refractivity contribution >= 4 is 45.4 Å². The largest absolute Gasteiger partial charge is 0.351 e. The molecule has 0 spiro atoms. The van der Waals surface area contributed by atoms with E-state index in [1.165, 1.54) is 10.4 Å². The summed E-state index contributed by atoms with van der Waals surface area (Å²) in [7, 11) is -3.28. The number of thioether (sulfide) groups is 1. The molecule has 1 saturated heterocycles. The third-order valence-electron chi connectivity index (χ3n) is 3.32. The monoisotopic (exact) mass is 374 g/mol.